The van der Waals surface area contributed by atoms with E-state index in [2.05, 4.69) is 41.6 Å². The van der Waals surface area contributed by atoms with Gasteiger partial charge in [-0.1, -0.05) is 25.1 Å². The van der Waals surface area contributed by atoms with Gasteiger partial charge < -0.3 is 15.5 Å². The zero-order valence-electron chi connectivity index (χ0n) is 13.8. The first-order valence-corrected chi connectivity index (χ1v) is 8.40. The number of rotatable bonds is 7. The van der Waals surface area contributed by atoms with Gasteiger partial charge in [0.05, 0.1) is 0 Å². The van der Waals surface area contributed by atoms with Gasteiger partial charge in [-0.05, 0) is 49.9 Å². The lowest BCUT2D eigenvalue weighted by Crippen LogP contribution is -2.37. The predicted molar refractivity (Wildman–Crippen MR) is 92.1 cm³/mol. The molecule has 0 aromatic heterocycles. The minimum absolute atomic E-state index is 0.180. The summed E-state index contributed by atoms with van der Waals surface area (Å²) in [7, 11) is 2.05. The molecule has 0 spiro atoms. The molecule has 4 heteroatoms. The van der Waals surface area contributed by atoms with Crippen LogP contribution in [0.3, 0.4) is 0 Å². The summed E-state index contributed by atoms with van der Waals surface area (Å²) in [6, 6.07) is 10.2. The van der Waals surface area contributed by atoms with Crippen LogP contribution in [0.5, 0.6) is 0 Å². The van der Waals surface area contributed by atoms with Gasteiger partial charge >= 0.3 is 0 Å². The third kappa shape index (κ3) is 5.34. The third-order valence-corrected chi connectivity index (χ3v) is 4.61. The van der Waals surface area contributed by atoms with E-state index in [1.807, 2.05) is 18.2 Å². The van der Waals surface area contributed by atoms with Crippen LogP contribution in [0.1, 0.15) is 26.2 Å². The Morgan fingerprint density at radius 1 is 1.41 bits per heavy atom. The Bertz CT molecular complexity index is 443. The van der Waals surface area contributed by atoms with Crippen molar-refractivity contribution in [2.45, 2.75) is 26.2 Å². The van der Waals surface area contributed by atoms with Crippen LogP contribution < -0.4 is 15.5 Å². The lowest BCUT2D eigenvalue weighted by molar-refractivity contribution is -0.122. The van der Waals surface area contributed by atoms with E-state index in [-0.39, 0.29) is 5.91 Å². The van der Waals surface area contributed by atoms with Crippen LogP contribution in [0, 0.1) is 11.8 Å². The second-order valence-electron chi connectivity index (χ2n) is 6.39. The van der Waals surface area contributed by atoms with E-state index in [0.717, 1.165) is 19.6 Å². The first-order valence-electron chi connectivity index (χ1n) is 8.40. The Morgan fingerprint density at radius 2 is 2.18 bits per heavy atom. The molecular weight excluding hydrogens is 274 g/mol. The molecule has 0 radical (unpaired) electrons. The first-order chi connectivity index (χ1) is 10.7. The molecule has 0 aliphatic carbocycles. The fourth-order valence-electron chi connectivity index (χ4n) is 3.07. The number of carbonyl (C=O) groups is 1. The maximum Gasteiger partial charge on any atom is 0.220 e. The molecule has 1 heterocycles. The summed E-state index contributed by atoms with van der Waals surface area (Å²) < 4.78 is 0. The average Bonchev–Trinajstić information content (AvgIpc) is 2.56. The van der Waals surface area contributed by atoms with E-state index in [9.17, 15) is 4.79 Å². The zero-order chi connectivity index (χ0) is 15.8. The van der Waals surface area contributed by atoms with Gasteiger partial charge in [0.1, 0.15) is 0 Å². The van der Waals surface area contributed by atoms with E-state index in [1.54, 1.807) is 0 Å². The smallest absolute Gasteiger partial charge is 0.220 e. The monoisotopic (exact) mass is 303 g/mol. The van der Waals surface area contributed by atoms with Crippen LogP contribution in [-0.4, -0.2) is 39.1 Å². The average molecular weight is 303 g/mol. The maximum absolute atomic E-state index is 12.1. The molecule has 122 valence electrons. The van der Waals surface area contributed by atoms with Crippen LogP contribution in [0.25, 0.3) is 0 Å². The van der Waals surface area contributed by atoms with E-state index < -0.39 is 0 Å². The highest BCUT2D eigenvalue weighted by Crippen LogP contribution is 2.22. The number of para-hydroxylation sites is 1. The molecule has 0 bridgehead atoms. The van der Waals surface area contributed by atoms with Crippen molar-refractivity contribution in [2.24, 2.45) is 11.8 Å². The van der Waals surface area contributed by atoms with Gasteiger partial charge in [-0.15, -0.1) is 0 Å². The molecule has 2 unspecified atom stereocenters. The van der Waals surface area contributed by atoms with Crippen molar-refractivity contribution in [1.29, 1.82) is 0 Å². The second-order valence-corrected chi connectivity index (χ2v) is 6.39. The Kier molecular flexibility index (Phi) is 6.72. The summed E-state index contributed by atoms with van der Waals surface area (Å²) in [5.74, 6) is 1.28. The summed E-state index contributed by atoms with van der Waals surface area (Å²) in [6.07, 6.45) is 3.12. The van der Waals surface area contributed by atoms with Crippen molar-refractivity contribution in [1.82, 2.24) is 10.6 Å². The SMILES string of the molecule is CC(CC(=O)NCCN(C)c1ccccc1)C1CCCNC1. The number of carbonyl (C=O) groups excluding carboxylic acids is 1. The highest BCUT2D eigenvalue weighted by molar-refractivity contribution is 5.76. The fraction of sp³-hybridized carbons (Fsp3) is 0.611. The van der Waals surface area contributed by atoms with Crippen LogP contribution in [0.15, 0.2) is 30.3 Å². The predicted octanol–water partition coefficient (Wildman–Crippen LogP) is 2.26. The molecule has 2 N–H and O–H groups in total. The maximum atomic E-state index is 12.1. The van der Waals surface area contributed by atoms with Gasteiger partial charge in [0.25, 0.3) is 0 Å². The van der Waals surface area contributed by atoms with Crippen molar-refractivity contribution < 1.29 is 4.79 Å². The van der Waals surface area contributed by atoms with Gasteiger partial charge in [0, 0.05) is 32.2 Å². The number of nitrogens with zero attached hydrogens (tertiary/aromatic N) is 1. The standard InChI is InChI=1S/C18H29N3O/c1-15(16-7-6-10-19-14-16)13-18(22)20-11-12-21(2)17-8-4-3-5-9-17/h3-5,8-9,15-16,19H,6-7,10-14H2,1-2H3,(H,20,22). The molecule has 1 fully saturated rings. The second kappa shape index (κ2) is 8.79. The molecule has 1 aromatic rings. The van der Waals surface area contributed by atoms with Gasteiger partial charge in [-0.25, -0.2) is 0 Å². The molecule has 2 atom stereocenters. The van der Waals surface area contributed by atoms with Crippen molar-refractivity contribution >= 4 is 11.6 Å². The summed E-state index contributed by atoms with van der Waals surface area (Å²) in [5.41, 5.74) is 1.18. The number of benzene rings is 1. The van der Waals surface area contributed by atoms with Crippen LogP contribution in [0.4, 0.5) is 5.69 Å². The van der Waals surface area contributed by atoms with Crippen LogP contribution in [-0.2, 0) is 4.79 Å². The number of anilines is 1. The quantitative estimate of drug-likeness (QED) is 0.812. The van der Waals surface area contributed by atoms with Gasteiger partial charge in [0.2, 0.25) is 5.91 Å². The van der Waals surface area contributed by atoms with E-state index in [1.165, 1.54) is 18.5 Å². The number of piperidine rings is 1. The molecular formula is C18H29N3O. The molecule has 1 aliphatic heterocycles. The molecule has 4 nitrogen and oxygen atoms in total. The minimum atomic E-state index is 0.180. The normalized spacial score (nSPS) is 19.5. The summed E-state index contributed by atoms with van der Waals surface area (Å²) >= 11 is 0. The topological polar surface area (TPSA) is 44.4 Å². The lowest BCUT2D eigenvalue weighted by Gasteiger charge is -2.28. The number of hydrogen-bond donors (Lipinski definition) is 2. The number of amides is 1. The third-order valence-electron chi connectivity index (χ3n) is 4.61. The lowest BCUT2D eigenvalue weighted by atomic mass is 9.85. The zero-order valence-corrected chi connectivity index (χ0v) is 13.8. The van der Waals surface area contributed by atoms with Gasteiger partial charge in [0.15, 0.2) is 0 Å². The van der Waals surface area contributed by atoms with E-state index in [4.69, 9.17) is 0 Å². The number of nitrogens with one attached hydrogen (secondary N) is 2. The van der Waals surface area contributed by atoms with Crippen molar-refractivity contribution in [3.05, 3.63) is 30.3 Å². The molecule has 1 saturated heterocycles. The summed E-state index contributed by atoms with van der Waals surface area (Å²) in [4.78, 5) is 14.2. The molecule has 2 rings (SSSR count). The van der Waals surface area contributed by atoms with Crippen molar-refractivity contribution in [3.63, 3.8) is 0 Å². The molecule has 22 heavy (non-hydrogen) atoms. The molecule has 1 amide bonds. The van der Waals surface area contributed by atoms with Crippen molar-refractivity contribution in [2.75, 3.05) is 38.1 Å². The highest BCUT2D eigenvalue weighted by Gasteiger charge is 2.21. The highest BCUT2D eigenvalue weighted by atomic mass is 16.1. The van der Waals surface area contributed by atoms with E-state index >= 15 is 0 Å². The summed E-state index contributed by atoms with van der Waals surface area (Å²) in [6.45, 7) is 5.91. The van der Waals surface area contributed by atoms with Crippen LogP contribution >= 0.6 is 0 Å². The first kappa shape index (κ1) is 16.8. The number of likely N-dealkylation sites (N-methyl/N-ethyl adjacent to an activating group) is 1. The molecule has 1 aromatic carbocycles. The minimum Gasteiger partial charge on any atom is -0.373 e. The Morgan fingerprint density at radius 3 is 2.86 bits per heavy atom. The Balaban J connectivity index is 1.65. The summed E-state index contributed by atoms with van der Waals surface area (Å²) in [5, 5.41) is 6.48. The Labute approximate surface area is 134 Å². The van der Waals surface area contributed by atoms with Gasteiger partial charge in [-0.2, -0.15) is 0 Å². The molecule has 0 saturated carbocycles. The van der Waals surface area contributed by atoms with Crippen molar-refractivity contribution in [3.8, 4) is 0 Å². The fourth-order valence-corrected chi connectivity index (χ4v) is 3.07. The number of hydrogen-bond acceptors (Lipinski definition) is 3. The van der Waals surface area contributed by atoms with Gasteiger partial charge in [-0.3, -0.25) is 4.79 Å². The van der Waals surface area contributed by atoms with E-state index in [0.29, 0.717) is 24.8 Å². The molecule has 1 aliphatic rings. The Hall–Kier alpha value is -1.55. The van der Waals surface area contributed by atoms with Crippen LogP contribution in [0.2, 0.25) is 0 Å². The largest absolute Gasteiger partial charge is 0.373 e.